The summed E-state index contributed by atoms with van der Waals surface area (Å²) in [5.74, 6) is 0. The number of aryl methyl sites for hydroxylation is 1. The summed E-state index contributed by atoms with van der Waals surface area (Å²) in [6.07, 6.45) is -0.483. The Morgan fingerprint density at radius 3 is 2.45 bits per heavy atom. The summed E-state index contributed by atoms with van der Waals surface area (Å²) in [7, 11) is 0. The molecule has 0 heterocycles. The van der Waals surface area contributed by atoms with E-state index in [-0.39, 0.29) is 0 Å². The molecule has 0 aliphatic rings. The SMILES string of the molecule is Cc1cccc(Cl)c1[C@@H](C)O. The lowest BCUT2D eigenvalue weighted by atomic mass is 10.1. The van der Waals surface area contributed by atoms with Crippen molar-refractivity contribution in [3.05, 3.63) is 34.3 Å². The molecular weight excluding hydrogens is 160 g/mol. The number of hydrogen-bond donors (Lipinski definition) is 1. The van der Waals surface area contributed by atoms with Gasteiger partial charge >= 0.3 is 0 Å². The molecule has 0 amide bonds. The average Bonchev–Trinajstić information content (AvgIpc) is 1.85. The zero-order valence-corrected chi connectivity index (χ0v) is 7.39. The van der Waals surface area contributed by atoms with E-state index in [0.29, 0.717) is 5.02 Å². The summed E-state index contributed by atoms with van der Waals surface area (Å²) < 4.78 is 0. The Balaban J connectivity index is 3.21. The molecule has 1 nitrogen and oxygen atoms in total. The first-order valence-corrected chi connectivity index (χ1v) is 3.94. The van der Waals surface area contributed by atoms with Crippen molar-refractivity contribution in [1.82, 2.24) is 0 Å². The fraction of sp³-hybridized carbons (Fsp3) is 0.333. The molecule has 0 spiro atoms. The van der Waals surface area contributed by atoms with Gasteiger partial charge in [-0.05, 0) is 25.5 Å². The van der Waals surface area contributed by atoms with E-state index < -0.39 is 6.10 Å². The van der Waals surface area contributed by atoms with Gasteiger partial charge in [-0.3, -0.25) is 0 Å². The summed E-state index contributed by atoms with van der Waals surface area (Å²) in [6, 6.07) is 5.61. The lowest BCUT2D eigenvalue weighted by Gasteiger charge is -2.09. The third kappa shape index (κ3) is 1.73. The van der Waals surface area contributed by atoms with Gasteiger partial charge in [-0.15, -0.1) is 0 Å². The van der Waals surface area contributed by atoms with Gasteiger partial charge in [0.05, 0.1) is 6.10 Å². The molecule has 11 heavy (non-hydrogen) atoms. The van der Waals surface area contributed by atoms with Crippen LogP contribution < -0.4 is 0 Å². The first kappa shape index (κ1) is 8.57. The Morgan fingerprint density at radius 2 is 2.09 bits per heavy atom. The highest BCUT2D eigenvalue weighted by Gasteiger charge is 2.07. The van der Waals surface area contributed by atoms with E-state index in [4.69, 9.17) is 11.6 Å². The third-order valence-electron chi connectivity index (χ3n) is 1.69. The summed E-state index contributed by atoms with van der Waals surface area (Å²) >= 11 is 5.86. The first-order valence-electron chi connectivity index (χ1n) is 3.56. The highest BCUT2D eigenvalue weighted by atomic mass is 35.5. The minimum Gasteiger partial charge on any atom is -0.389 e. The van der Waals surface area contributed by atoms with Gasteiger partial charge < -0.3 is 5.11 Å². The van der Waals surface area contributed by atoms with Crippen LogP contribution in [0.1, 0.15) is 24.2 Å². The van der Waals surface area contributed by atoms with Gasteiger partial charge in [0.2, 0.25) is 0 Å². The molecule has 1 aromatic carbocycles. The Hall–Kier alpha value is -0.530. The molecule has 2 heteroatoms. The number of rotatable bonds is 1. The standard InChI is InChI=1S/C9H11ClO/c1-6-4-3-5-8(10)9(6)7(2)11/h3-5,7,11H,1-2H3/t7-/m1/s1. The van der Waals surface area contributed by atoms with Crippen LogP contribution in [0.3, 0.4) is 0 Å². The normalized spacial score (nSPS) is 13.1. The fourth-order valence-electron chi connectivity index (χ4n) is 1.17. The van der Waals surface area contributed by atoms with Crippen molar-refractivity contribution in [3.63, 3.8) is 0 Å². The molecule has 0 saturated heterocycles. The van der Waals surface area contributed by atoms with Crippen LogP contribution in [0.2, 0.25) is 5.02 Å². The maximum Gasteiger partial charge on any atom is 0.0778 e. The molecular formula is C9H11ClO. The summed E-state index contributed by atoms with van der Waals surface area (Å²) in [5.41, 5.74) is 1.86. The summed E-state index contributed by atoms with van der Waals surface area (Å²) in [6.45, 7) is 3.65. The van der Waals surface area contributed by atoms with Gasteiger partial charge in [0.15, 0.2) is 0 Å². The quantitative estimate of drug-likeness (QED) is 0.687. The molecule has 0 saturated carbocycles. The van der Waals surface area contributed by atoms with Crippen LogP contribution in [-0.4, -0.2) is 5.11 Å². The number of aliphatic hydroxyl groups excluding tert-OH is 1. The van der Waals surface area contributed by atoms with E-state index in [0.717, 1.165) is 11.1 Å². The van der Waals surface area contributed by atoms with Crippen molar-refractivity contribution in [2.24, 2.45) is 0 Å². The fourth-order valence-corrected chi connectivity index (χ4v) is 1.55. The van der Waals surface area contributed by atoms with E-state index in [1.165, 1.54) is 0 Å². The first-order chi connectivity index (χ1) is 5.13. The zero-order chi connectivity index (χ0) is 8.43. The zero-order valence-electron chi connectivity index (χ0n) is 6.63. The van der Waals surface area contributed by atoms with Gasteiger partial charge in [-0.25, -0.2) is 0 Å². The Morgan fingerprint density at radius 1 is 1.45 bits per heavy atom. The van der Waals surface area contributed by atoms with E-state index in [1.807, 2.05) is 19.1 Å². The molecule has 1 rings (SSSR count). The summed E-state index contributed by atoms with van der Waals surface area (Å²) in [5, 5.41) is 9.94. The molecule has 1 atom stereocenters. The van der Waals surface area contributed by atoms with Crippen LogP contribution in [-0.2, 0) is 0 Å². The van der Waals surface area contributed by atoms with Crippen LogP contribution in [0, 0.1) is 6.92 Å². The molecule has 0 aliphatic heterocycles. The number of halogens is 1. The third-order valence-corrected chi connectivity index (χ3v) is 2.02. The second-order valence-corrected chi connectivity index (χ2v) is 3.05. The van der Waals surface area contributed by atoms with Gasteiger partial charge in [-0.2, -0.15) is 0 Å². The van der Waals surface area contributed by atoms with Gasteiger partial charge in [0.25, 0.3) is 0 Å². The highest BCUT2D eigenvalue weighted by molar-refractivity contribution is 6.31. The average molecular weight is 171 g/mol. The Labute approximate surface area is 71.6 Å². The van der Waals surface area contributed by atoms with Gasteiger partial charge in [0.1, 0.15) is 0 Å². The maximum atomic E-state index is 9.30. The molecule has 1 N–H and O–H groups in total. The lowest BCUT2D eigenvalue weighted by molar-refractivity contribution is 0.198. The molecule has 0 bridgehead atoms. The molecule has 0 radical (unpaired) electrons. The number of aliphatic hydroxyl groups is 1. The van der Waals surface area contributed by atoms with E-state index >= 15 is 0 Å². The van der Waals surface area contributed by atoms with Gasteiger partial charge in [0, 0.05) is 10.6 Å². The molecule has 0 aliphatic carbocycles. The Kier molecular flexibility index (Phi) is 2.53. The van der Waals surface area contributed by atoms with Crippen molar-refractivity contribution in [1.29, 1.82) is 0 Å². The van der Waals surface area contributed by atoms with Crippen molar-refractivity contribution < 1.29 is 5.11 Å². The van der Waals surface area contributed by atoms with Crippen LogP contribution in [0.15, 0.2) is 18.2 Å². The van der Waals surface area contributed by atoms with Crippen molar-refractivity contribution in [3.8, 4) is 0 Å². The molecule has 60 valence electrons. The van der Waals surface area contributed by atoms with Gasteiger partial charge in [-0.1, -0.05) is 23.7 Å². The molecule has 0 aromatic heterocycles. The minimum absolute atomic E-state index is 0.483. The number of benzene rings is 1. The van der Waals surface area contributed by atoms with Crippen LogP contribution >= 0.6 is 11.6 Å². The predicted molar refractivity (Wildman–Crippen MR) is 46.8 cm³/mol. The highest BCUT2D eigenvalue weighted by Crippen LogP contribution is 2.25. The topological polar surface area (TPSA) is 20.2 Å². The van der Waals surface area contributed by atoms with Crippen LogP contribution in [0.25, 0.3) is 0 Å². The lowest BCUT2D eigenvalue weighted by Crippen LogP contribution is -1.95. The monoisotopic (exact) mass is 170 g/mol. The van der Waals surface area contributed by atoms with Crippen molar-refractivity contribution in [2.45, 2.75) is 20.0 Å². The molecule has 0 unspecified atom stereocenters. The summed E-state index contributed by atoms with van der Waals surface area (Å²) in [4.78, 5) is 0. The van der Waals surface area contributed by atoms with Crippen LogP contribution in [0.4, 0.5) is 0 Å². The smallest absolute Gasteiger partial charge is 0.0778 e. The Bertz CT molecular complexity index is 235. The van der Waals surface area contributed by atoms with E-state index in [2.05, 4.69) is 0 Å². The largest absolute Gasteiger partial charge is 0.389 e. The van der Waals surface area contributed by atoms with Crippen molar-refractivity contribution in [2.75, 3.05) is 0 Å². The maximum absolute atomic E-state index is 9.30. The predicted octanol–water partition coefficient (Wildman–Crippen LogP) is 2.70. The molecule has 0 fully saturated rings. The minimum atomic E-state index is -0.483. The second-order valence-electron chi connectivity index (χ2n) is 2.65. The molecule has 1 aromatic rings. The number of hydrogen-bond acceptors (Lipinski definition) is 1. The van der Waals surface area contributed by atoms with E-state index in [1.54, 1.807) is 13.0 Å². The second kappa shape index (κ2) is 3.24. The van der Waals surface area contributed by atoms with Crippen molar-refractivity contribution >= 4 is 11.6 Å². The van der Waals surface area contributed by atoms with Crippen LogP contribution in [0.5, 0.6) is 0 Å². The van der Waals surface area contributed by atoms with E-state index in [9.17, 15) is 5.11 Å².